The number of hydrogen-bond donors (Lipinski definition) is 0. The van der Waals surface area contributed by atoms with Crippen LogP contribution in [0.3, 0.4) is 0 Å². The van der Waals surface area contributed by atoms with Gasteiger partial charge in [-0.25, -0.2) is 0 Å². The molecular weight excluding hydrogens is 160 g/mol. The molecule has 0 bridgehead atoms. The van der Waals surface area contributed by atoms with E-state index in [1.165, 1.54) is 0 Å². The maximum Gasteiger partial charge on any atom is 0.119 e. The van der Waals surface area contributed by atoms with Gasteiger partial charge in [0.25, 0.3) is 0 Å². The van der Waals surface area contributed by atoms with Crippen LogP contribution >= 0.6 is 0 Å². The van der Waals surface area contributed by atoms with E-state index in [1.54, 1.807) is 6.08 Å². The highest BCUT2D eigenvalue weighted by Crippen LogP contribution is 2.19. The van der Waals surface area contributed by atoms with Gasteiger partial charge in [0.1, 0.15) is 5.75 Å². The van der Waals surface area contributed by atoms with Crippen LogP contribution in [0.25, 0.3) is 5.57 Å². The summed E-state index contributed by atoms with van der Waals surface area (Å²) >= 11 is 0. The summed E-state index contributed by atoms with van der Waals surface area (Å²) in [5.74, 6) is 0.878. The largest absolute Gasteiger partial charge is 0.494 e. The molecule has 1 heteroatoms. The van der Waals surface area contributed by atoms with Gasteiger partial charge >= 0.3 is 0 Å². The van der Waals surface area contributed by atoms with Crippen molar-refractivity contribution < 1.29 is 4.74 Å². The third-order valence-electron chi connectivity index (χ3n) is 1.76. The highest BCUT2D eigenvalue weighted by atomic mass is 16.5. The van der Waals surface area contributed by atoms with E-state index in [4.69, 9.17) is 4.74 Å². The molecule has 0 saturated carbocycles. The quantitative estimate of drug-likeness (QED) is 0.636. The zero-order valence-corrected chi connectivity index (χ0v) is 7.92. The third kappa shape index (κ3) is 2.48. The Kier molecular flexibility index (Phi) is 3.32. The second kappa shape index (κ2) is 4.51. The lowest BCUT2D eigenvalue weighted by atomic mass is 10.1. The molecule has 0 aliphatic heterocycles. The van der Waals surface area contributed by atoms with Crippen LogP contribution in [0.5, 0.6) is 5.75 Å². The van der Waals surface area contributed by atoms with Crippen molar-refractivity contribution in [1.29, 1.82) is 0 Å². The Morgan fingerprint density at radius 2 is 2.31 bits per heavy atom. The van der Waals surface area contributed by atoms with E-state index in [0.29, 0.717) is 6.61 Å². The van der Waals surface area contributed by atoms with Gasteiger partial charge < -0.3 is 4.74 Å². The Morgan fingerprint density at radius 1 is 1.54 bits per heavy atom. The molecule has 0 N–H and O–H groups in total. The van der Waals surface area contributed by atoms with Crippen LogP contribution in [-0.4, -0.2) is 6.61 Å². The summed E-state index contributed by atoms with van der Waals surface area (Å²) in [5.41, 5.74) is 1.97. The summed E-state index contributed by atoms with van der Waals surface area (Å²) < 4.78 is 5.37. The molecule has 0 aliphatic rings. The van der Waals surface area contributed by atoms with Crippen molar-refractivity contribution in [3.8, 4) is 5.75 Å². The zero-order valence-electron chi connectivity index (χ0n) is 7.92. The minimum atomic E-state index is 0.685. The van der Waals surface area contributed by atoms with Crippen molar-refractivity contribution in [3.63, 3.8) is 0 Å². The average molecular weight is 174 g/mol. The fourth-order valence-electron chi connectivity index (χ4n) is 1.07. The van der Waals surface area contributed by atoms with Crippen LogP contribution < -0.4 is 4.74 Å². The second-order valence-corrected chi connectivity index (χ2v) is 2.69. The van der Waals surface area contributed by atoms with Crippen LogP contribution in [0.4, 0.5) is 0 Å². The van der Waals surface area contributed by atoms with Gasteiger partial charge in [0.2, 0.25) is 0 Å². The number of ether oxygens (including phenoxy) is 1. The van der Waals surface area contributed by atoms with Gasteiger partial charge in [0, 0.05) is 0 Å². The molecule has 1 aromatic rings. The maximum atomic E-state index is 5.37. The molecule has 0 aromatic heterocycles. The van der Waals surface area contributed by atoms with E-state index >= 15 is 0 Å². The first-order chi connectivity index (χ1) is 6.27. The molecule has 0 unspecified atom stereocenters. The number of allylic oxidation sites excluding steroid dienone is 2. The molecule has 68 valence electrons. The highest BCUT2D eigenvalue weighted by molar-refractivity contribution is 5.72. The first kappa shape index (κ1) is 9.59. The summed E-state index contributed by atoms with van der Waals surface area (Å²) in [6, 6.07) is 7.85. The van der Waals surface area contributed by atoms with Gasteiger partial charge in [-0.15, -0.1) is 0 Å². The van der Waals surface area contributed by atoms with Gasteiger partial charge in [-0.2, -0.15) is 0 Å². The molecule has 13 heavy (non-hydrogen) atoms. The smallest absolute Gasteiger partial charge is 0.119 e. The van der Waals surface area contributed by atoms with E-state index in [1.807, 2.05) is 31.2 Å². The Morgan fingerprint density at radius 3 is 2.92 bits per heavy atom. The highest BCUT2D eigenvalue weighted by Gasteiger charge is 1.96. The predicted molar refractivity (Wildman–Crippen MR) is 56.8 cm³/mol. The number of rotatable bonds is 4. The van der Waals surface area contributed by atoms with Crippen molar-refractivity contribution in [3.05, 3.63) is 49.1 Å². The first-order valence-corrected chi connectivity index (χ1v) is 4.32. The average Bonchev–Trinajstić information content (AvgIpc) is 2.18. The Balaban J connectivity index is 2.91. The van der Waals surface area contributed by atoms with Gasteiger partial charge in [-0.3, -0.25) is 0 Å². The monoisotopic (exact) mass is 174 g/mol. The SMILES string of the molecule is C=CC(=C)c1cccc(OCC)c1. The third-order valence-corrected chi connectivity index (χ3v) is 1.76. The van der Waals surface area contributed by atoms with Gasteiger partial charge in [0.15, 0.2) is 0 Å². The normalized spacial score (nSPS) is 9.31. The minimum absolute atomic E-state index is 0.685. The lowest BCUT2D eigenvalue weighted by Crippen LogP contribution is -1.91. The molecule has 1 rings (SSSR count). The fraction of sp³-hybridized carbons (Fsp3) is 0.167. The fourth-order valence-corrected chi connectivity index (χ4v) is 1.07. The van der Waals surface area contributed by atoms with Crippen LogP contribution in [0.1, 0.15) is 12.5 Å². The molecular formula is C12H14O. The lowest BCUT2D eigenvalue weighted by molar-refractivity contribution is 0.340. The molecule has 0 fully saturated rings. The van der Waals surface area contributed by atoms with Gasteiger partial charge in [0.05, 0.1) is 6.61 Å². The molecule has 1 aromatic carbocycles. The van der Waals surface area contributed by atoms with Crippen LogP contribution in [0, 0.1) is 0 Å². The molecule has 1 nitrogen and oxygen atoms in total. The van der Waals surface area contributed by atoms with Crippen molar-refractivity contribution in [1.82, 2.24) is 0 Å². The van der Waals surface area contributed by atoms with Crippen LogP contribution in [0.2, 0.25) is 0 Å². The molecule has 0 heterocycles. The maximum absolute atomic E-state index is 5.37. The van der Waals surface area contributed by atoms with E-state index in [2.05, 4.69) is 13.2 Å². The summed E-state index contributed by atoms with van der Waals surface area (Å²) in [7, 11) is 0. The number of hydrogen-bond acceptors (Lipinski definition) is 1. The Labute approximate surface area is 79.4 Å². The van der Waals surface area contributed by atoms with E-state index in [-0.39, 0.29) is 0 Å². The Hall–Kier alpha value is -1.50. The summed E-state index contributed by atoms with van der Waals surface area (Å²) in [6.45, 7) is 10.2. The van der Waals surface area contributed by atoms with E-state index < -0.39 is 0 Å². The summed E-state index contributed by atoms with van der Waals surface area (Å²) in [6.07, 6.45) is 1.74. The van der Waals surface area contributed by atoms with Crippen molar-refractivity contribution in [2.45, 2.75) is 6.92 Å². The predicted octanol–water partition coefficient (Wildman–Crippen LogP) is 3.28. The van der Waals surface area contributed by atoms with E-state index in [0.717, 1.165) is 16.9 Å². The van der Waals surface area contributed by atoms with Crippen molar-refractivity contribution >= 4 is 5.57 Å². The van der Waals surface area contributed by atoms with Crippen LogP contribution in [0.15, 0.2) is 43.5 Å². The number of benzene rings is 1. The molecule has 0 atom stereocenters. The standard InChI is InChI=1S/C12H14O/c1-4-10(3)11-7-6-8-12(9-11)13-5-2/h4,6-9H,1,3,5H2,2H3. The first-order valence-electron chi connectivity index (χ1n) is 4.32. The molecule has 0 aliphatic carbocycles. The van der Waals surface area contributed by atoms with Crippen molar-refractivity contribution in [2.24, 2.45) is 0 Å². The molecule has 0 saturated heterocycles. The zero-order chi connectivity index (χ0) is 9.68. The second-order valence-electron chi connectivity index (χ2n) is 2.69. The van der Waals surface area contributed by atoms with Gasteiger partial charge in [-0.1, -0.05) is 31.4 Å². The van der Waals surface area contributed by atoms with E-state index in [9.17, 15) is 0 Å². The topological polar surface area (TPSA) is 9.23 Å². The lowest BCUT2D eigenvalue weighted by Gasteiger charge is -2.05. The van der Waals surface area contributed by atoms with Crippen LogP contribution in [-0.2, 0) is 0 Å². The van der Waals surface area contributed by atoms with Gasteiger partial charge in [-0.05, 0) is 30.2 Å². The molecule has 0 radical (unpaired) electrons. The van der Waals surface area contributed by atoms with Crippen molar-refractivity contribution in [2.75, 3.05) is 6.61 Å². The molecule has 0 amide bonds. The molecule has 0 spiro atoms. The summed E-state index contributed by atoms with van der Waals surface area (Å²) in [4.78, 5) is 0. The Bertz CT molecular complexity index is 313. The minimum Gasteiger partial charge on any atom is -0.494 e. The summed E-state index contributed by atoms with van der Waals surface area (Å²) in [5, 5.41) is 0.